The summed E-state index contributed by atoms with van der Waals surface area (Å²) in [5.41, 5.74) is 5.33. The van der Waals surface area contributed by atoms with Gasteiger partial charge in [0.1, 0.15) is 0 Å². The molecular formula is C8H20N2O3S. The van der Waals surface area contributed by atoms with Crippen molar-refractivity contribution in [1.82, 2.24) is 4.31 Å². The van der Waals surface area contributed by atoms with Crippen LogP contribution in [0.3, 0.4) is 0 Å². The Kier molecular flexibility index (Phi) is 7.08. The maximum absolute atomic E-state index is 11.6. The lowest BCUT2D eigenvalue weighted by molar-refractivity contribution is 0.215. The van der Waals surface area contributed by atoms with Crippen LogP contribution >= 0.6 is 0 Å². The normalized spacial score (nSPS) is 12.3. The molecule has 0 unspecified atom stereocenters. The maximum atomic E-state index is 11.6. The van der Waals surface area contributed by atoms with Gasteiger partial charge >= 0.3 is 0 Å². The van der Waals surface area contributed by atoms with Crippen molar-refractivity contribution in [3.8, 4) is 0 Å². The van der Waals surface area contributed by atoms with Gasteiger partial charge < -0.3 is 10.5 Å². The summed E-state index contributed by atoms with van der Waals surface area (Å²) in [6, 6.07) is 0. The quantitative estimate of drug-likeness (QED) is 0.611. The molecule has 0 aliphatic carbocycles. The molecule has 0 spiro atoms. The zero-order chi connectivity index (χ0) is 11.0. The highest BCUT2D eigenvalue weighted by Crippen LogP contribution is 2.02. The van der Waals surface area contributed by atoms with Gasteiger partial charge in [0.25, 0.3) is 0 Å². The summed E-state index contributed by atoms with van der Waals surface area (Å²) < 4.78 is 29.5. The van der Waals surface area contributed by atoms with Crippen LogP contribution in [-0.4, -0.2) is 51.8 Å². The average Bonchev–Trinajstić information content (AvgIpc) is 2.16. The largest absolute Gasteiger partial charge is 0.384 e. The second kappa shape index (κ2) is 7.17. The standard InChI is InChI=1S/C8H20N2O3S/c1-3-10(6-4-5-9)14(11,12)8-7-13-2/h3-9H2,1-2H3. The van der Waals surface area contributed by atoms with Gasteiger partial charge in [-0.3, -0.25) is 0 Å². The van der Waals surface area contributed by atoms with Crippen LogP contribution in [0.5, 0.6) is 0 Å². The molecule has 0 heterocycles. The number of rotatable bonds is 8. The van der Waals surface area contributed by atoms with Crippen LogP contribution in [0.2, 0.25) is 0 Å². The van der Waals surface area contributed by atoms with Gasteiger partial charge in [-0.25, -0.2) is 12.7 Å². The first-order chi connectivity index (χ1) is 6.58. The summed E-state index contributed by atoms with van der Waals surface area (Å²) in [4.78, 5) is 0. The lowest BCUT2D eigenvalue weighted by Gasteiger charge is -2.19. The third-order valence-corrected chi connectivity index (χ3v) is 3.81. The van der Waals surface area contributed by atoms with E-state index in [2.05, 4.69) is 0 Å². The number of hydrogen-bond acceptors (Lipinski definition) is 4. The maximum Gasteiger partial charge on any atom is 0.216 e. The molecule has 0 amide bonds. The lowest BCUT2D eigenvalue weighted by atomic mass is 10.4. The fraction of sp³-hybridized carbons (Fsp3) is 1.00. The fourth-order valence-corrected chi connectivity index (χ4v) is 2.52. The molecule has 0 aliphatic rings. The number of methoxy groups -OCH3 is 1. The molecule has 86 valence electrons. The van der Waals surface area contributed by atoms with E-state index in [4.69, 9.17) is 10.5 Å². The van der Waals surface area contributed by atoms with Gasteiger partial charge in [-0.15, -0.1) is 0 Å². The van der Waals surface area contributed by atoms with Gasteiger partial charge in [-0.05, 0) is 13.0 Å². The summed E-state index contributed by atoms with van der Waals surface area (Å²) in [7, 11) is -1.66. The van der Waals surface area contributed by atoms with Crippen LogP contribution in [0.1, 0.15) is 13.3 Å². The van der Waals surface area contributed by atoms with Gasteiger partial charge in [-0.1, -0.05) is 6.92 Å². The van der Waals surface area contributed by atoms with Crippen molar-refractivity contribution in [2.75, 3.05) is 39.1 Å². The second-order valence-electron chi connectivity index (χ2n) is 2.94. The van der Waals surface area contributed by atoms with Crippen molar-refractivity contribution >= 4 is 10.0 Å². The Morgan fingerprint density at radius 1 is 1.43 bits per heavy atom. The minimum atomic E-state index is -3.15. The first-order valence-electron chi connectivity index (χ1n) is 4.75. The highest BCUT2D eigenvalue weighted by molar-refractivity contribution is 7.89. The fourth-order valence-electron chi connectivity index (χ4n) is 1.08. The molecule has 0 aromatic heterocycles. The summed E-state index contributed by atoms with van der Waals surface area (Å²) in [5, 5.41) is 0. The van der Waals surface area contributed by atoms with E-state index < -0.39 is 10.0 Å². The molecule has 5 nitrogen and oxygen atoms in total. The molecule has 0 fully saturated rings. The number of ether oxygens (including phenoxy) is 1. The Morgan fingerprint density at radius 3 is 2.50 bits per heavy atom. The second-order valence-corrected chi connectivity index (χ2v) is 5.03. The van der Waals surface area contributed by atoms with Gasteiger partial charge in [-0.2, -0.15) is 0 Å². The highest BCUT2D eigenvalue weighted by Gasteiger charge is 2.18. The van der Waals surface area contributed by atoms with Crippen molar-refractivity contribution in [2.45, 2.75) is 13.3 Å². The van der Waals surface area contributed by atoms with E-state index in [9.17, 15) is 8.42 Å². The first-order valence-corrected chi connectivity index (χ1v) is 6.36. The molecule has 0 aromatic carbocycles. The van der Waals surface area contributed by atoms with E-state index in [1.54, 1.807) is 0 Å². The zero-order valence-corrected chi connectivity index (χ0v) is 9.72. The summed E-state index contributed by atoms with van der Waals surface area (Å²) in [5.74, 6) is 0.0436. The summed E-state index contributed by atoms with van der Waals surface area (Å²) in [6.45, 7) is 3.56. The van der Waals surface area contributed by atoms with E-state index >= 15 is 0 Å². The molecule has 0 bridgehead atoms. The molecule has 0 atom stereocenters. The number of nitrogens with zero attached hydrogens (tertiary/aromatic N) is 1. The van der Waals surface area contributed by atoms with Gasteiger partial charge in [0, 0.05) is 20.2 Å². The predicted molar refractivity (Wildman–Crippen MR) is 56.6 cm³/mol. The molecule has 0 rings (SSSR count). The minimum absolute atomic E-state index is 0.0436. The van der Waals surface area contributed by atoms with Crippen LogP contribution in [0, 0.1) is 0 Å². The van der Waals surface area contributed by atoms with Gasteiger partial charge in [0.15, 0.2) is 0 Å². The van der Waals surface area contributed by atoms with Crippen molar-refractivity contribution in [1.29, 1.82) is 0 Å². The number of sulfonamides is 1. The van der Waals surface area contributed by atoms with E-state index in [-0.39, 0.29) is 12.4 Å². The molecule has 2 N–H and O–H groups in total. The van der Waals surface area contributed by atoms with Crippen LogP contribution in [0.15, 0.2) is 0 Å². The summed E-state index contributed by atoms with van der Waals surface area (Å²) >= 11 is 0. The van der Waals surface area contributed by atoms with E-state index in [1.165, 1.54) is 11.4 Å². The smallest absolute Gasteiger partial charge is 0.216 e. The van der Waals surface area contributed by atoms with Crippen molar-refractivity contribution in [3.63, 3.8) is 0 Å². The Morgan fingerprint density at radius 2 is 2.07 bits per heavy atom. The van der Waals surface area contributed by atoms with Gasteiger partial charge in [0.2, 0.25) is 10.0 Å². The molecule has 0 saturated heterocycles. The Hall–Kier alpha value is -0.170. The lowest BCUT2D eigenvalue weighted by Crippen LogP contribution is -2.35. The third kappa shape index (κ3) is 4.90. The average molecular weight is 224 g/mol. The van der Waals surface area contributed by atoms with Crippen molar-refractivity contribution in [3.05, 3.63) is 0 Å². The molecule has 0 aliphatic heterocycles. The SMILES string of the molecule is CCN(CCCN)S(=O)(=O)CCOC. The Labute approximate surface area is 86.3 Å². The predicted octanol–water partition coefficient (Wildman–Crippen LogP) is -0.367. The van der Waals surface area contributed by atoms with Crippen molar-refractivity contribution in [2.24, 2.45) is 5.73 Å². The van der Waals surface area contributed by atoms with Crippen LogP contribution in [0.25, 0.3) is 0 Å². The highest BCUT2D eigenvalue weighted by atomic mass is 32.2. The number of hydrogen-bond donors (Lipinski definition) is 1. The Bertz CT molecular complexity index is 229. The van der Waals surface area contributed by atoms with E-state index in [0.29, 0.717) is 26.1 Å². The third-order valence-electron chi connectivity index (χ3n) is 1.90. The first kappa shape index (κ1) is 13.8. The van der Waals surface area contributed by atoms with E-state index in [0.717, 1.165) is 0 Å². The topological polar surface area (TPSA) is 72.6 Å². The van der Waals surface area contributed by atoms with Crippen LogP contribution < -0.4 is 5.73 Å². The molecular weight excluding hydrogens is 204 g/mol. The minimum Gasteiger partial charge on any atom is -0.384 e. The van der Waals surface area contributed by atoms with Crippen LogP contribution in [0.4, 0.5) is 0 Å². The van der Waals surface area contributed by atoms with Crippen LogP contribution in [-0.2, 0) is 14.8 Å². The molecule has 14 heavy (non-hydrogen) atoms. The van der Waals surface area contributed by atoms with Gasteiger partial charge in [0.05, 0.1) is 12.4 Å². The summed E-state index contributed by atoms with van der Waals surface area (Å²) in [6.07, 6.45) is 0.694. The zero-order valence-electron chi connectivity index (χ0n) is 8.90. The molecule has 0 saturated carbocycles. The number of nitrogens with two attached hydrogens (primary N) is 1. The van der Waals surface area contributed by atoms with Crippen molar-refractivity contribution < 1.29 is 13.2 Å². The van der Waals surface area contributed by atoms with E-state index in [1.807, 2.05) is 6.92 Å². The molecule has 6 heteroatoms. The molecule has 0 radical (unpaired) electrons. The Balaban J connectivity index is 4.19. The monoisotopic (exact) mass is 224 g/mol. The molecule has 0 aromatic rings.